The van der Waals surface area contributed by atoms with Crippen molar-refractivity contribution in [2.45, 2.75) is 19.4 Å². The Kier molecular flexibility index (Phi) is 3.58. The van der Waals surface area contributed by atoms with Crippen molar-refractivity contribution >= 4 is 11.3 Å². The molecule has 0 fully saturated rings. The molecule has 0 bridgehead atoms. The van der Waals surface area contributed by atoms with E-state index in [1.165, 1.54) is 0 Å². The molecule has 3 aromatic rings. The normalized spacial score (nSPS) is 12.5. The SMILES string of the molecule is Cc1nc(Cc2noc([C@@H](N)c3ccccc3)n2)cs1. The van der Waals surface area contributed by atoms with Gasteiger partial charge in [-0.2, -0.15) is 4.98 Å². The number of hydrogen-bond donors (Lipinski definition) is 1. The topological polar surface area (TPSA) is 77.8 Å². The minimum Gasteiger partial charge on any atom is -0.337 e. The molecule has 1 atom stereocenters. The summed E-state index contributed by atoms with van der Waals surface area (Å²) in [7, 11) is 0. The smallest absolute Gasteiger partial charge is 0.248 e. The standard InChI is InChI=1S/C14H14N4OS/c1-9-16-11(8-20-9)7-12-17-14(19-18-12)13(15)10-5-3-2-4-6-10/h2-6,8,13H,7,15H2,1H3/t13-/m0/s1. The summed E-state index contributed by atoms with van der Waals surface area (Å²) in [5.41, 5.74) is 8.02. The highest BCUT2D eigenvalue weighted by molar-refractivity contribution is 7.09. The first-order valence-electron chi connectivity index (χ1n) is 6.26. The van der Waals surface area contributed by atoms with Crippen molar-refractivity contribution in [2.75, 3.05) is 0 Å². The van der Waals surface area contributed by atoms with Crippen LogP contribution in [0.2, 0.25) is 0 Å². The lowest BCUT2D eigenvalue weighted by Gasteiger charge is -2.05. The predicted molar refractivity (Wildman–Crippen MR) is 76.4 cm³/mol. The van der Waals surface area contributed by atoms with Gasteiger partial charge in [-0.3, -0.25) is 0 Å². The highest BCUT2D eigenvalue weighted by atomic mass is 32.1. The van der Waals surface area contributed by atoms with E-state index in [1.807, 2.05) is 42.6 Å². The van der Waals surface area contributed by atoms with E-state index in [0.717, 1.165) is 16.3 Å². The van der Waals surface area contributed by atoms with Crippen LogP contribution >= 0.6 is 11.3 Å². The van der Waals surface area contributed by atoms with Crippen molar-refractivity contribution in [3.63, 3.8) is 0 Å². The second-order valence-electron chi connectivity index (χ2n) is 4.47. The fourth-order valence-electron chi connectivity index (χ4n) is 1.92. The van der Waals surface area contributed by atoms with Crippen LogP contribution in [0.5, 0.6) is 0 Å². The quantitative estimate of drug-likeness (QED) is 0.797. The van der Waals surface area contributed by atoms with Gasteiger partial charge in [0.1, 0.15) is 6.04 Å². The Morgan fingerprint density at radius 3 is 2.75 bits per heavy atom. The molecule has 0 aliphatic heterocycles. The lowest BCUT2D eigenvalue weighted by Crippen LogP contribution is -2.12. The maximum absolute atomic E-state index is 6.12. The van der Waals surface area contributed by atoms with Gasteiger partial charge in [0.05, 0.1) is 17.1 Å². The van der Waals surface area contributed by atoms with Crippen molar-refractivity contribution in [3.05, 3.63) is 63.7 Å². The second-order valence-corrected chi connectivity index (χ2v) is 5.53. The van der Waals surface area contributed by atoms with Crippen LogP contribution in [-0.4, -0.2) is 15.1 Å². The highest BCUT2D eigenvalue weighted by Crippen LogP contribution is 2.18. The molecule has 0 aliphatic carbocycles. The van der Waals surface area contributed by atoms with Crippen LogP contribution in [0.4, 0.5) is 0 Å². The summed E-state index contributed by atoms with van der Waals surface area (Å²) < 4.78 is 5.25. The van der Waals surface area contributed by atoms with Crippen LogP contribution in [0.1, 0.15) is 34.0 Å². The molecular formula is C14H14N4OS. The molecule has 2 N–H and O–H groups in total. The van der Waals surface area contributed by atoms with E-state index in [4.69, 9.17) is 10.3 Å². The number of thiazole rings is 1. The molecule has 102 valence electrons. The Morgan fingerprint density at radius 2 is 2.05 bits per heavy atom. The van der Waals surface area contributed by atoms with Gasteiger partial charge >= 0.3 is 0 Å². The predicted octanol–water partition coefficient (Wildman–Crippen LogP) is 2.47. The molecule has 3 rings (SSSR count). The second kappa shape index (κ2) is 5.52. The van der Waals surface area contributed by atoms with Crippen molar-refractivity contribution in [1.29, 1.82) is 0 Å². The van der Waals surface area contributed by atoms with Gasteiger partial charge < -0.3 is 10.3 Å². The molecule has 20 heavy (non-hydrogen) atoms. The van der Waals surface area contributed by atoms with E-state index in [2.05, 4.69) is 15.1 Å². The minimum absolute atomic E-state index is 0.394. The van der Waals surface area contributed by atoms with Crippen LogP contribution in [0.25, 0.3) is 0 Å². The lowest BCUT2D eigenvalue weighted by atomic mass is 10.1. The Hall–Kier alpha value is -2.05. The van der Waals surface area contributed by atoms with Gasteiger partial charge in [-0.25, -0.2) is 4.98 Å². The first-order valence-corrected chi connectivity index (χ1v) is 7.14. The third-order valence-electron chi connectivity index (χ3n) is 2.91. The number of benzene rings is 1. The number of hydrogen-bond acceptors (Lipinski definition) is 6. The molecule has 0 aliphatic rings. The van der Waals surface area contributed by atoms with Crippen LogP contribution < -0.4 is 5.73 Å². The van der Waals surface area contributed by atoms with E-state index >= 15 is 0 Å². The van der Waals surface area contributed by atoms with Gasteiger partial charge in [0.25, 0.3) is 0 Å². The van der Waals surface area contributed by atoms with Crippen LogP contribution in [0.15, 0.2) is 40.2 Å². The summed E-state index contributed by atoms with van der Waals surface area (Å²) in [6.45, 7) is 1.97. The van der Waals surface area contributed by atoms with E-state index < -0.39 is 6.04 Å². The average Bonchev–Trinajstić information content (AvgIpc) is 3.09. The number of rotatable bonds is 4. The Morgan fingerprint density at radius 1 is 1.25 bits per heavy atom. The van der Waals surface area contributed by atoms with Gasteiger partial charge in [-0.05, 0) is 12.5 Å². The summed E-state index contributed by atoms with van der Waals surface area (Å²) in [4.78, 5) is 8.74. The van der Waals surface area contributed by atoms with E-state index in [1.54, 1.807) is 11.3 Å². The molecule has 6 heteroatoms. The zero-order chi connectivity index (χ0) is 13.9. The Balaban J connectivity index is 1.76. The summed E-state index contributed by atoms with van der Waals surface area (Å²) in [5.74, 6) is 1.04. The fraction of sp³-hybridized carbons (Fsp3) is 0.214. The fourth-order valence-corrected chi connectivity index (χ4v) is 2.53. The Labute approximate surface area is 120 Å². The molecule has 1 aromatic carbocycles. The third kappa shape index (κ3) is 2.76. The van der Waals surface area contributed by atoms with Crippen molar-refractivity contribution in [3.8, 4) is 0 Å². The van der Waals surface area contributed by atoms with Crippen LogP contribution in [-0.2, 0) is 6.42 Å². The van der Waals surface area contributed by atoms with Crippen LogP contribution in [0, 0.1) is 6.92 Å². The van der Waals surface area contributed by atoms with Gasteiger partial charge in [0.2, 0.25) is 5.89 Å². The van der Waals surface area contributed by atoms with E-state index in [9.17, 15) is 0 Å². The summed E-state index contributed by atoms with van der Waals surface area (Å²) in [6.07, 6.45) is 0.565. The third-order valence-corrected chi connectivity index (χ3v) is 3.74. The molecule has 0 saturated heterocycles. The number of aryl methyl sites for hydroxylation is 1. The van der Waals surface area contributed by atoms with E-state index in [-0.39, 0.29) is 0 Å². The van der Waals surface area contributed by atoms with Crippen molar-refractivity contribution in [2.24, 2.45) is 5.73 Å². The molecule has 2 aromatic heterocycles. The lowest BCUT2D eigenvalue weighted by molar-refractivity contribution is 0.363. The first-order chi connectivity index (χ1) is 9.72. The molecule has 0 unspecified atom stereocenters. The van der Waals surface area contributed by atoms with Crippen LogP contribution in [0.3, 0.4) is 0 Å². The summed E-state index contributed by atoms with van der Waals surface area (Å²) >= 11 is 1.61. The Bertz CT molecular complexity index is 692. The van der Waals surface area contributed by atoms with E-state index in [0.29, 0.717) is 18.1 Å². The van der Waals surface area contributed by atoms with Gasteiger partial charge in [0.15, 0.2) is 5.82 Å². The summed E-state index contributed by atoms with van der Waals surface area (Å²) in [5, 5.41) is 7.00. The molecule has 0 spiro atoms. The largest absolute Gasteiger partial charge is 0.337 e. The van der Waals surface area contributed by atoms with Gasteiger partial charge in [-0.1, -0.05) is 35.5 Å². The molecule has 0 saturated carbocycles. The number of nitrogens with zero attached hydrogens (tertiary/aromatic N) is 3. The maximum Gasteiger partial charge on any atom is 0.248 e. The van der Waals surface area contributed by atoms with Gasteiger partial charge in [0, 0.05) is 5.38 Å². The zero-order valence-corrected chi connectivity index (χ0v) is 11.8. The highest BCUT2D eigenvalue weighted by Gasteiger charge is 2.17. The first kappa shape index (κ1) is 13.0. The molecule has 2 heterocycles. The minimum atomic E-state index is -0.394. The molecule has 5 nitrogen and oxygen atoms in total. The summed E-state index contributed by atoms with van der Waals surface area (Å²) in [6, 6.07) is 9.31. The molecule has 0 amide bonds. The monoisotopic (exact) mass is 286 g/mol. The number of nitrogens with two attached hydrogens (primary N) is 1. The van der Waals surface area contributed by atoms with Gasteiger partial charge in [-0.15, -0.1) is 11.3 Å². The van der Waals surface area contributed by atoms with Crippen molar-refractivity contribution in [1.82, 2.24) is 15.1 Å². The average molecular weight is 286 g/mol. The number of aromatic nitrogens is 3. The van der Waals surface area contributed by atoms with Crippen molar-refractivity contribution < 1.29 is 4.52 Å². The maximum atomic E-state index is 6.12. The zero-order valence-electron chi connectivity index (χ0n) is 11.0. The molecular weight excluding hydrogens is 272 g/mol. The molecule has 0 radical (unpaired) electrons.